The molecule has 2 N–H and O–H groups in total. The van der Waals surface area contributed by atoms with Crippen molar-refractivity contribution in [2.45, 2.75) is 31.6 Å². The maximum Gasteiger partial charge on any atom is 0.455 e. The van der Waals surface area contributed by atoms with Crippen LogP contribution in [0.4, 0.5) is 22.0 Å². The molecule has 0 spiro atoms. The van der Waals surface area contributed by atoms with E-state index in [4.69, 9.17) is 5.73 Å². The summed E-state index contributed by atoms with van der Waals surface area (Å²) in [6.07, 6.45) is -5.70. The Bertz CT molecular complexity index is 895. The highest BCUT2D eigenvalue weighted by molar-refractivity contribution is 6.08. The molecule has 0 radical (unpaired) electrons. The van der Waals surface area contributed by atoms with Crippen molar-refractivity contribution in [1.82, 2.24) is 4.57 Å². The van der Waals surface area contributed by atoms with E-state index >= 15 is 0 Å². The molecule has 24 heavy (non-hydrogen) atoms. The molecule has 0 saturated carbocycles. The zero-order valence-electron chi connectivity index (χ0n) is 12.7. The van der Waals surface area contributed by atoms with Crippen molar-refractivity contribution in [2.24, 2.45) is 5.73 Å². The van der Waals surface area contributed by atoms with Crippen LogP contribution in [0.3, 0.4) is 0 Å². The zero-order valence-corrected chi connectivity index (χ0v) is 12.7. The second kappa shape index (κ2) is 5.44. The van der Waals surface area contributed by atoms with Crippen LogP contribution in [0.2, 0.25) is 0 Å². The average molecular weight is 342 g/mol. The van der Waals surface area contributed by atoms with E-state index in [0.717, 1.165) is 16.4 Å². The van der Waals surface area contributed by atoms with E-state index in [2.05, 4.69) is 0 Å². The number of halogens is 5. The van der Waals surface area contributed by atoms with Gasteiger partial charge in [-0.2, -0.15) is 22.0 Å². The predicted octanol–water partition coefficient (Wildman–Crippen LogP) is 5.01. The van der Waals surface area contributed by atoms with Crippen molar-refractivity contribution in [3.05, 3.63) is 48.0 Å². The summed E-state index contributed by atoms with van der Waals surface area (Å²) in [5.74, 6) is -5.00. The third kappa shape index (κ3) is 2.34. The predicted molar refractivity (Wildman–Crippen MR) is 83.0 cm³/mol. The number of aromatic nitrogens is 1. The number of hydrogen-bond donors (Lipinski definition) is 1. The standard InChI is InChI=1S/C17H15F5N2/c1-2-24-13-6-4-3-5-11(13)12-9-10(7-8-14(12)24)15(23)16(18,19)17(20,21)22/h3-9,15H,2,23H2,1H3/t15-/m1/s1. The highest BCUT2D eigenvalue weighted by Gasteiger charge is 2.61. The van der Waals surface area contributed by atoms with Gasteiger partial charge < -0.3 is 10.3 Å². The van der Waals surface area contributed by atoms with Crippen LogP contribution < -0.4 is 5.73 Å². The summed E-state index contributed by atoms with van der Waals surface area (Å²) in [6.45, 7) is 2.58. The van der Waals surface area contributed by atoms with Crippen LogP contribution in [-0.4, -0.2) is 16.7 Å². The third-order valence-corrected chi connectivity index (χ3v) is 4.24. The molecule has 2 aromatic carbocycles. The Morgan fingerprint density at radius 2 is 1.58 bits per heavy atom. The summed E-state index contributed by atoms with van der Waals surface area (Å²) >= 11 is 0. The Labute approximate surface area is 134 Å². The highest BCUT2D eigenvalue weighted by atomic mass is 19.4. The van der Waals surface area contributed by atoms with Crippen LogP contribution >= 0.6 is 0 Å². The number of para-hydroxylation sites is 1. The molecule has 0 aliphatic carbocycles. The number of rotatable bonds is 3. The van der Waals surface area contributed by atoms with Gasteiger partial charge >= 0.3 is 12.1 Å². The summed E-state index contributed by atoms with van der Waals surface area (Å²) in [5, 5.41) is 1.40. The van der Waals surface area contributed by atoms with Gasteiger partial charge in [0.1, 0.15) is 6.04 Å². The lowest BCUT2D eigenvalue weighted by Gasteiger charge is -2.26. The number of alkyl halides is 5. The van der Waals surface area contributed by atoms with Gasteiger partial charge in [0.25, 0.3) is 0 Å². The average Bonchev–Trinajstić information content (AvgIpc) is 2.86. The summed E-state index contributed by atoms with van der Waals surface area (Å²) in [5.41, 5.74) is 6.67. The molecule has 3 aromatic rings. The van der Waals surface area contributed by atoms with Gasteiger partial charge in [-0.25, -0.2) is 0 Å². The van der Waals surface area contributed by atoms with Crippen LogP contribution in [0.5, 0.6) is 0 Å². The van der Waals surface area contributed by atoms with Gasteiger partial charge in [0.05, 0.1) is 0 Å². The Balaban J connectivity index is 2.21. The first-order valence-corrected chi connectivity index (χ1v) is 7.39. The fourth-order valence-corrected chi connectivity index (χ4v) is 2.99. The minimum atomic E-state index is -5.70. The van der Waals surface area contributed by atoms with Crippen molar-refractivity contribution in [1.29, 1.82) is 0 Å². The lowest BCUT2D eigenvalue weighted by Crippen LogP contribution is -2.45. The number of aryl methyl sites for hydroxylation is 1. The lowest BCUT2D eigenvalue weighted by atomic mass is 9.99. The fourth-order valence-electron chi connectivity index (χ4n) is 2.99. The zero-order chi connectivity index (χ0) is 17.7. The van der Waals surface area contributed by atoms with Crippen molar-refractivity contribution in [3.8, 4) is 0 Å². The molecule has 0 fully saturated rings. The quantitative estimate of drug-likeness (QED) is 0.666. The number of fused-ring (bicyclic) bond motifs is 3. The highest BCUT2D eigenvalue weighted by Crippen LogP contribution is 2.44. The Hall–Kier alpha value is -2.15. The number of nitrogens with two attached hydrogens (primary N) is 1. The second-order valence-electron chi connectivity index (χ2n) is 5.64. The van der Waals surface area contributed by atoms with E-state index in [0.29, 0.717) is 11.9 Å². The molecule has 0 aliphatic heterocycles. The number of nitrogens with zero attached hydrogens (tertiary/aromatic N) is 1. The maximum atomic E-state index is 13.5. The first-order valence-electron chi connectivity index (χ1n) is 7.39. The van der Waals surface area contributed by atoms with Gasteiger partial charge in [-0.05, 0) is 30.7 Å². The minimum Gasteiger partial charge on any atom is -0.341 e. The lowest BCUT2D eigenvalue weighted by molar-refractivity contribution is -0.290. The molecule has 0 saturated heterocycles. The van der Waals surface area contributed by atoms with Crippen LogP contribution in [-0.2, 0) is 6.54 Å². The van der Waals surface area contributed by atoms with Gasteiger partial charge in [-0.15, -0.1) is 0 Å². The Kier molecular flexibility index (Phi) is 3.79. The van der Waals surface area contributed by atoms with Gasteiger partial charge in [-0.1, -0.05) is 24.3 Å². The molecule has 1 aromatic heterocycles. The van der Waals surface area contributed by atoms with Crippen LogP contribution in [0, 0.1) is 0 Å². The molecule has 7 heteroatoms. The molecule has 2 nitrogen and oxygen atoms in total. The minimum absolute atomic E-state index is 0.246. The molecule has 1 atom stereocenters. The van der Waals surface area contributed by atoms with Crippen LogP contribution in [0.25, 0.3) is 21.8 Å². The van der Waals surface area contributed by atoms with Crippen LogP contribution in [0.1, 0.15) is 18.5 Å². The summed E-state index contributed by atoms with van der Waals surface area (Å²) in [6, 6.07) is 8.97. The van der Waals surface area contributed by atoms with Gasteiger partial charge in [0, 0.05) is 28.4 Å². The Morgan fingerprint density at radius 3 is 2.21 bits per heavy atom. The summed E-state index contributed by atoms with van der Waals surface area (Å²) in [4.78, 5) is 0. The molecule has 128 valence electrons. The maximum absolute atomic E-state index is 13.5. The van der Waals surface area contributed by atoms with Crippen molar-refractivity contribution >= 4 is 21.8 Å². The molecule has 0 unspecified atom stereocenters. The second-order valence-corrected chi connectivity index (χ2v) is 5.64. The molecule has 1 heterocycles. The molecule has 0 bridgehead atoms. The van der Waals surface area contributed by atoms with Crippen LogP contribution in [0.15, 0.2) is 42.5 Å². The number of hydrogen-bond acceptors (Lipinski definition) is 1. The van der Waals surface area contributed by atoms with Crippen molar-refractivity contribution in [2.75, 3.05) is 0 Å². The largest absolute Gasteiger partial charge is 0.455 e. The summed E-state index contributed by atoms with van der Waals surface area (Å²) < 4.78 is 66.7. The van der Waals surface area contributed by atoms with Crippen molar-refractivity contribution in [3.63, 3.8) is 0 Å². The summed E-state index contributed by atoms with van der Waals surface area (Å²) in [7, 11) is 0. The fraction of sp³-hybridized carbons (Fsp3) is 0.294. The van der Waals surface area contributed by atoms with Gasteiger partial charge in [-0.3, -0.25) is 0 Å². The van der Waals surface area contributed by atoms with E-state index < -0.39 is 18.1 Å². The van der Waals surface area contributed by atoms with Gasteiger partial charge in [0.15, 0.2) is 0 Å². The van der Waals surface area contributed by atoms with E-state index in [1.807, 2.05) is 23.6 Å². The van der Waals surface area contributed by atoms with E-state index in [1.165, 1.54) is 12.1 Å². The van der Waals surface area contributed by atoms with Crippen molar-refractivity contribution < 1.29 is 22.0 Å². The smallest absolute Gasteiger partial charge is 0.341 e. The SMILES string of the molecule is CCn1c2ccccc2c2cc([C@@H](N)C(F)(F)C(F)(F)F)ccc21. The van der Waals surface area contributed by atoms with E-state index in [-0.39, 0.29) is 5.56 Å². The Morgan fingerprint density at radius 1 is 0.958 bits per heavy atom. The molecular formula is C17H15F5N2. The normalized spacial score (nSPS) is 14.5. The topological polar surface area (TPSA) is 30.9 Å². The van der Waals surface area contributed by atoms with E-state index in [1.54, 1.807) is 18.2 Å². The first kappa shape index (κ1) is 16.7. The molecule has 0 aliphatic rings. The first-order chi connectivity index (χ1) is 11.2. The van der Waals surface area contributed by atoms with Gasteiger partial charge in [0.2, 0.25) is 0 Å². The monoisotopic (exact) mass is 342 g/mol. The molecule has 0 amide bonds. The number of benzene rings is 2. The van der Waals surface area contributed by atoms with E-state index in [9.17, 15) is 22.0 Å². The molecular weight excluding hydrogens is 327 g/mol. The molecule has 3 rings (SSSR count). The third-order valence-electron chi connectivity index (χ3n) is 4.24.